The molecule has 0 radical (unpaired) electrons. The molecular formula is C22H17Cl2N3O3. The van der Waals surface area contributed by atoms with E-state index in [0.29, 0.717) is 21.4 Å². The number of carbonyl (C=O) groups excluding carboxylic acids is 2. The second-order valence-electron chi connectivity index (χ2n) is 6.45. The molecule has 2 aromatic rings. The van der Waals surface area contributed by atoms with E-state index in [0.717, 1.165) is 11.4 Å². The topological polar surface area (TPSA) is 73.6 Å². The molecule has 152 valence electrons. The van der Waals surface area contributed by atoms with Crippen LogP contribution in [-0.2, 0) is 14.3 Å². The maximum Gasteiger partial charge on any atom is 0.331 e. The number of anilines is 2. The summed E-state index contributed by atoms with van der Waals surface area (Å²) >= 11 is 11.8. The third-order valence-corrected chi connectivity index (χ3v) is 5.29. The molecule has 1 heterocycles. The molecule has 0 unspecified atom stereocenters. The highest BCUT2D eigenvalue weighted by Crippen LogP contribution is 2.40. The van der Waals surface area contributed by atoms with Crippen molar-refractivity contribution in [3.63, 3.8) is 0 Å². The quantitative estimate of drug-likeness (QED) is 0.387. The first-order valence-corrected chi connectivity index (χ1v) is 9.63. The van der Waals surface area contributed by atoms with Gasteiger partial charge in [-0.15, -0.1) is 0 Å². The van der Waals surface area contributed by atoms with Crippen LogP contribution >= 0.6 is 23.2 Å². The smallest absolute Gasteiger partial charge is 0.331 e. The van der Waals surface area contributed by atoms with E-state index >= 15 is 0 Å². The van der Waals surface area contributed by atoms with Gasteiger partial charge in [-0.05, 0) is 35.9 Å². The van der Waals surface area contributed by atoms with Crippen LogP contribution in [0.4, 0.5) is 11.4 Å². The van der Waals surface area contributed by atoms with Crippen LogP contribution in [0.5, 0.6) is 0 Å². The summed E-state index contributed by atoms with van der Waals surface area (Å²) in [5.74, 6) is -0.866. The number of nitrogens with zero attached hydrogens (tertiary/aromatic N) is 3. The average molecular weight is 442 g/mol. The van der Waals surface area contributed by atoms with E-state index in [1.165, 1.54) is 12.2 Å². The minimum absolute atomic E-state index is 0.0857. The van der Waals surface area contributed by atoms with Crippen molar-refractivity contribution < 1.29 is 14.3 Å². The lowest BCUT2D eigenvalue weighted by Gasteiger charge is -2.19. The summed E-state index contributed by atoms with van der Waals surface area (Å²) in [4.78, 5) is 28.1. The first kappa shape index (κ1) is 21.4. The summed E-state index contributed by atoms with van der Waals surface area (Å²) < 4.78 is 5.01. The van der Waals surface area contributed by atoms with Gasteiger partial charge in [-0.2, -0.15) is 5.26 Å². The highest BCUT2D eigenvalue weighted by Gasteiger charge is 2.31. The summed E-state index contributed by atoms with van der Waals surface area (Å²) in [6.07, 6.45) is 2.67. The van der Waals surface area contributed by atoms with Gasteiger partial charge in [0.25, 0.3) is 0 Å². The Kier molecular flexibility index (Phi) is 6.46. The number of hydrogen-bond acceptors (Lipinski definition) is 6. The summed E-state index contributed by atoms with van der Waals surface area (Å²) in [5, 5.41) is 10.3. The lowest BCUT2D eigenvalue weighted by atomic mass is 10.2. The maximum absolute atomic E-state index is 12.6. The van der Waals surface area contributed by atoms with Crippen LogP contribution < -0.4 is 9.80 Å². The molecule has 8 heteroatoms. The summed E-state index contributed by atoms with van der Waals surface area (Å²) in [5.41, 5.74) is 2.31. The fourth-order valence-corrected chi connectivity index (χ4v) is 3.40. The summed E-state index contributed by atoms with van der Waals surface area (Å²) in [6, 6.07) is 14.4. The van der Waals surface area contributed by atoms with E-state index in [2.05, 4.69) is 0 Å². The molecule has 0 saturated heterocycles. The zero-order valence-corrected chi connectivity index (χ0v) is 17.7. The Morgan fingerprint density at radius 1 is 1.07 bits per heavy atom. The summed E-state index contributed by atoms with van der Waals surface area (Å²) in [6.45, 7) is -0.547. The van der Waals surface area contributed by atoms with Crippen LogP contribution in [0.1, 0.15) is 5.56 Å². The zero-order valence-electron chi connectivity index (χ0n) is 16.2. The number of nitriles is 1. The van der Waals surface area contributed by atoms with Gasteiger partial charge in [0.1, 0.15) is 17.5 Å². The molecule has 0 bridgehead atoms. The first-order valence-electron chi connectivity index (χ1n) is 8.87. The monoisotopic (exact) mass is 441 g/mol. The Bertz CT molecular complexity index is 1090. The van der Waals surface area contributed by atoms with Crippen LogP contribution in [0.2, 0.25) is 10.0 Å². The fraction of sp³-hybridized carbons (Fsp3) is 0.136. The summed E-state index contributed by atoms with van der Waals surface area (Å²) in [7, 11) is 3.54. The van der Waals surface area contributed by atoms with Crippen molar-refractivity contribution in [1.29, 1.82) is 5.26 Å². The molecule has 0 spiro atoms. The van der Waals surface area contributed by atoms with Gasteiger partial charge in [-0.1, -0.05) is 41.4 Å². The van der Waals surface area contributed by atoms with Gasteiger partial charge in [-0.3, -0.25) is 4.79 Å². The fourth-order valence-electron chi connectivity index (χ4n) is 3.09. The number of para-hydroxylation sites is 2. The molecule has 0 saturated carbocycles. The minimum Gasteiger partial charge on any atom is -0.454 e. The predicted octanol–water partition coefficient (Wildman–Crippen LogP) is 4.44. The Morgan fingerprint density at radius 2 is 1.70 bits per heavy atom. The highest BCUT2D eigenvalue weighted by atomic mass is 35.5. The first-order chi connectivity index (χ1) is 14.3. The molecule has 0 amide bonds. The van der Waals surface area contributed by atoms with Gasteiger partial charge in [0.15, 0.2) is 6.61 Å². The molecule has 0 atom stereocenters. The second kappa shape index (κ2) is 9.04. The SMILES string of the molecule is CN1C(=C(C#N)C(=O)COC(=O)/C=C/c2ccc(Cl)c(Cl)c2)N(C)c2ccccc21. The van der Waals surface area contributed by atoms with Crippen LogP contribution in [0, 0.1) is 11.3 Å². The molecule has 3 rings (SSSR count). The standard InChI is InChI=1S/C22H17Cl2N3O3/c1-26-18-5-3-4-6-19(18)27(2)22(26)15(12-25)20(28)13-30-21(29)10-8-14-7-9-16(23)17(24)11-14/h3-11H,13H2,1-2H3/b10-8+. The normalized spacial score (nSPS) is 12.7. The molecule has 0 fully saturated rings. The molecule has 30 heavy (non-hydrogen) atoms. The number of rotatable bonds is 5. The van der Waals surface area contributed by atoms with Crippen LogP contribution in [-0.4, -0.2) is 32.5 Å². The number of fused-ring (bicyclic) bond motifs is 1. The third kappa shape index (κ3) is 4.33. The molecular weight excluding hydrogens is 425 g/mol. The van der Waals surface area contributed by atoms with Gasteiger partial charge in [0, 0.05) is 20.2 Å². The van der Waals surface area contributed by atoms with Crippen LogP contribution in [0.15, 0.2) is 59.9 Å². The molecule has 1 aliphatic rings. The van der Waals surface area contributed by atoms with Crippen molar-refractivity contribution >= 4 is 52.4 Å². The second-order valence-corrected chi connectivity index (χ2v) is 7.27. The number of esters is 1. The minimum atomic E-state index is -0.715. The number of halogens is 2. The molecule has 0 N–H and O–H groups in total. The van der Waals surface area contributed by atoms with Crippen LogP contribution in [0.3, 0.4) is 0 Å². The van der Waals surface area contributed by atoms with E-state index in [4.69, 9.17) is 27.9 Å². The van der Waals surface area contributed by atoms with E-state index in [-0.39, 0.29) is 5.57 Å². The molecule has 1 aliphatic heterocycles. The Morgan fingerprint density at radius 3 is 2.27 bits per heavy atom. The van der Waals surface area contributed by atoms with E-state index in [1.54, 1.807) is 42.1 Å². The lowest BCUT2D eigenvalue weighted by Crippen LogP contribution is -2.27. The van der Waals surface area contributed by atoms with Crippen LogP contribution in [0.25, 0.3) is 6.08 Å². The highest BCUT2D eigenvalue weighted by molar-refractivity contribution is 6.42. The van der Waals surface area contributed by atoms with Crippen molar-refractivity contribution in [3.05, 3.63) is 75.5 Å². The van der Waals surface area contributed by atoms with Gasteiger partial charge in [0.05, 0.1) is 21.4 Å². The number of carbonyl (C=O) groups is 2. The lowest BCUT2D eigenvalue weighted by molar-refractivity contribution is -0.141. The number of ether oxygens (including phenoxy) is 1. The van der Waals surface area contributed by atoms with Gasteiger partial charge < -0.3 is 14.5 Å². The van der Waals surface area contributed by atoms with Crippen molar-refractivity contribution in [2.45, 2.75) is 0 Å². The number of Topliss-reactive ketones (excluding diaryl/α,β-unsaturated/α-hetero) is 1. The zero-order chi connectivity index (χ0) is 21.8. The Hall–Kier alpha value is -3.27. The molecule has 2 aromatic carbocycles. The van der Waals surface area contributed by atoms with Crippen molar-refractivity contribution in [2.24, 2.45) is 0 Å². The van der Waals surface area contributed by atoms with E-state index < -0.39 is 18.4 Å². The molecule has 6 nitrogen and oxygen atoms in total. The van der Waals surface area contributed by atoms with Crippen molar-refractivity contribution in [2.75, 3.05) is 30.5 Å². The predicted molar refractivity (Wildman–Crippen MR) is 117 cm³/mol. The largest absolute Gasteiger partial charge is 0.454 e. The maximum atomic E-state index is 12.6. The number of benzene rings is 2. The van der Waals surface area contributed by atoms with Gasteiger partial charge in [0.2, 0.25) is 5.78 Å². The van der Waals surface area contributed by atoms with Crippen molar-refractivity contribution in [3.8, 4) is 6.07 Å². The molecule has 0 aromatic heterocycles. The molecule has 0 aliphatic carbocycles. The van der Waals surface area contributed by atoms with Gasteiger partial charge in [-0.25, -0.2) is 4.79 Å². The Balaban J connectivity index is 1.70. The van der Waals surface area contributed by atoms with Crippen molar-refractivity contribution in [1.82, 2.24) is 0 Å². The Labute approximate surface area is 184 Å². The van der Waals surface area contributed by atoms with E-state index in [9.17, 15) is 14.9 Å². The van der Waals surface area contributed by atoms with E-state index in [1.807, 2.05) is 30.3 Å². The van der Waals surface area contributed by atoms with Gasteiger partial charge >= 0.3 is 5.97 Å². The number of hydrogen-bond donors (Lipinski definition) is 0. The number of ketones is 1. The average Bonchev–Trinajstić information content (AvgIpc) is 2.99. The third-order valence-electron chi connectivity index (χ3n) is 4.56.